The quantitative estimate of drug-likeness (QED) is 0.898. The van der Waals surface area contributed by atoms with E-state index in [1.165, 1.54) is 19.3 Å². The van der Waals surface area contributed by atoms with Crippen molar-refractivity contribution in [3.63, 3.8) is 0 Å². The number of ether oxygens (including phenoxy) is 1. The van der Waals surface area contributed by atoms with Crippen molar-refractivity contribution in [1.82, 2.24) is 4.98 Å². The molecule has 0 amide bonds. The SMILES string of the molecule is CC1CCC(OCc2csc(CN)n2)CC1C. The van der Waals surface area contributed by atoms with Crippen LogP contribution in [-0.2, 0) is 17.9 Å². The Morgan fingerprint density at radius 3 is 2.88 bits per heavy atom. The lowest BCUT2D eigenvalue weighted by molar-refractivity contribution is -0.00861. The van der Waals surface area contributed by atoms with Crippen LogP contribution < -0.4 is 5.73 Å². The molecule has 1 aliphatic rings. The van der Waals surface area contributed by atoms with Crippen molar-refractivity contribution in [2.45, 2.75) is 52.4 Å². The van der Waals surface area contributed by atoms with Crippen molar-refractivity contribution in [1.29, 1.82) is 0 Å². The molecular weight excluding hydrogens is 232 g/mol. The van der Waals surface area contributed by atoms with E-state index in [-0.39, 0.29) is 0 Å². The Balaban J connectivity index is 1.78. The molecule has 2 rings (SSSR count). The van der Waals surface area contributed by atoms with Crippen molar-refractivity contribution in [2.24, 2.45) is 17.6 Å². The second kappa shape index (κ2) is 5.94. The van der Waals surface area contributed by atoms with Crippen molar-refractivity contribution < 1.29 is 4.74 Å². The third-order valence-electron chi connectivity index (χ3n) is 3.79. The summed E-state index contributed by atoms with van der Waals surface area (Å²) in [6.07, 6.45) is 4.09. The van der Waals surface area contributed by atoms with E-state index in [9.17, 15) is 0 Å². The van der Waals surface area contributed by atoms with Crippen molar-refractivity contribution in [2.75, 3.05) is 0 Å². The van der Waals surface area contributed by atoms with Crippen LogP contribution in [0.2, 0.25) is 0 Å². The second-order valence-corrected chi connectivity index (χ2v) is 6.08. The molecule has 3 nitrogen and oxygen atoms in total. The van der Waals surface area contributed by atoms with Crippen LogP contribution in [0.4, 0.5) is 0 Å². The molecule has 0 saturated heterocycles. The van der Waals surface area contributed by atoms with Gasteiger partial charge in [0.1, 0.15) is 5.01 Å². The first-order valence-corrected chi connectivity index (χ1v) is 7.32. The molecule has 3 unspecified atom stereocenters. The Labute approximate surface area is 107 Å². The van der Waals surface area contributed by atoms with E-state index in [0.29, 0.717) is 19.3 Å². The summed E-state index contributed by atoms with van der Waals surface area (Å²) in [5.74, 6) is 1.63. The van der Waals surface area contributed by atoms with E-state index < -0.39 is 0 Å². The normalized spacial score (nSPS) is 29.5. The topological polar surface area (TPSA) is 48.1 Å². The van der Waals surface area contributed by atoms with Crippen LogP contribution in [-0.4, -0.2) is 11.1 Å². The van der Waals surface area contributed by atoms with Gasteiger partial charge in [0.2, 0.25) is 0 Å². The van der Waals surface area contributed by atoms with Crippen LogP contribution in [0, 0.1) is 11.8 Å². The first-order valence-electron chi connectivity index (χ1n) is 6.44. The van der Waals surface area contributed by atoms with Gasteiger partial charge in [-0.25, -0.2) is 4.98 Å². The van der Waals surface area contributed by atoms with Crippen LogP contribution in [0.5, 0.6) is 0 Å². The fourth-order valence-electron chi connectivity index (χ4n) is 2.36. The molecule has 1 aromatic heterocycles. The van der Waals surface area contributed by atoms with E-state index >= 15 is 0 Å². The number of nitrogens with two attached hydrogens (primary N) is 1. The Morgan fingerprint density at radius 1 is 1.41 bits per heavy atom. The molecule has 17 heavy (non-hydrogen) atoms. The van der Waals surface area contributed by atoms with Crippen LogP contribution in [0.1, 0.15) is 43.8 Å². The zero-order chi connectivity index (χ0) is 12.3. The molecule has 0 bridgehead atoms. The minimum Gasteiger partial charge on any atom is -0.372 e. The predicted octanol–water partition coefficient (Wildman–Crippen LogP) is 2.94. The first kappa shape index (κ1) is 13.0. The molecule has 0 spiro atoms. The van der Waals surface area contributed by atoms with Crippen LogP contribution >= 0.6 is 11.3 Å². The van der Waals surface area contributed by atoms with Gasteiger partial charge < -0.3 is 10.5 Å². The summed E-state index contributed by atoms with van der Waals surface area (Å²) in [7, 11) is 0. The third kappa shape index (κ3) is 3.50. The highest BCUT2D eigenvalue weighted by molar-refractivity contribution is 7.09. The molecule has 1 fully saturated rings. The van der Waals surface area contributed by atoms with E-state index in [0.717, 1.165) is 22.5 Å². The highest BCUT2D eigenvalue weighted by atomic mass is 32.1. The maximum absolute atomic E-state index is 5.95. The van der Waals surface area contributed by atoms with Crippen molar-refractivity contribution in [3.05, 3.63) is 16.1 Å². The van der Waals surface area contributed by atoms with Gasteiger partial charge in [0.25, 0.3) is 0 Å². The van der Waals surface area contributed by atoms with Gasteiger partial charge in [-0.2, -0.15) is 0 Å². The van der Waals surface area contributed by atoms with Gasteiger partial charge in [-0.1, -0.05) is 13.8 Å². The number of aromatic nitrogens is 1. The zero-order valence-electron chi connectivity index (χ0n) is 10.7. The Morgan fingerprint density at radius 2 is 2.24 bits per heavy atom. The molecule has 4 heteroatoms. The third-order valence-corrected chi connectivity index (χ3v) is 4.71. The van der Waals surface area contributed by atoms with Crippen LogP contribution in [0.25, 0.3) is 0 Å². The molecule has 1 aliphatic carbocycles. The maximum atomic E-state index is 5.95. The molecular formula is C13H22N2OS. The summed E-state index contributed by atoms with van der Waals surface area (Å²) in [4.78, 5) is 4.42. The molecule has 0 radical (unpaired) electrons. The molecule has 1 saturated carbocycles. The van der Waals surface area contributed by atoms with E-state index in [4.69, 9.17) is 10.5 Å². The van der Waals surface area contributed by atoms with Gasteiger partial charge in [-0.3, -0.25) is 0 Å². The number of nitrogens with zero attached hydrogens (tertiary/aromatic N) is 1. The Hall–Kier alpha value is -0.450. The number of hydrogen-bond acceptors (Lipinski definition) is 4. The lowest BCUT2D eigenvalue weighted by atomic mass is 9.80. The van der Waals surface area contributed by atoms with Gasteiger partial charge in [0.05, 0.1) is 18.4 Å². The molecule has 0 aliphatic heterocycles. The lowest BCUT2D eigenvalue weighted by Gasteiger charge is -2.31. The minimum atomic E-state index is 0.421. The Bertz CT molecular complexity index is 353. The van der Waals surface area contributed by atoms with Crippen molar-refractivity contribution >= 4 is 11.3 Å². The number of thiazole rings is 1. The molecule has 1 heterocycles. The molecule has 0 aromatic carbocycles. The van der Waals surface area contributed by atoms with Gasteiger partial charge >= 0.3 is 0 Å². The largest absolute Gasteiger partial charge is 0.372 e. The summed E-state index contributed by atoms with van der Waals surface area (Å²) in [6, 6.07) is 0. The number of hydrogen-bond donors (Lipinski definition) is 1. The molecule has 3 atom stereocenters. The summed E-state index contributed by atoms with van der Waals surface area (Å²) in [5.41, 5.74) is 6.57. The number of rotatable bonds is 4. The highest BCUT2D eigenvalue weighted by Gasteiger charge is 2.25. The molecule has 96 valence electrons. The average molecular weight is 254 g/mol. The minimum absolute atomic E-state index is 0.421. The maximum Gasteiger partial charge on any atom is 0.107 e. The van der Waals surface area contributed by atoms with Crippen LogP contribution in [0.3, 0.4) is 0 Å². The first-order chi connectivity index (χ1) is 8.19. The predicted molar refractivity (Wildman–Crippen MR) is 70.8 cm³/mol. The molecule has 2 N–H and O–H groups in total. The fourth-order valence-corrected chi connectivity index (χ4v) is 3.02. The summed E-state index contributed by atoms with van der Waals surface area (Å²) in [6.45, 7) is 5.84. The standard InChI is InChI=1S/C13H22N2OS/c1-9-3-4-12(5-10(9)2)16-7-11-8-17-13(6-14)15-11/h8-10,12H,3-7,14H2,1-2H3. The van der Waals surface area contributed by atoms with Gasteiger partial charge in [-0.15, -0.1) is 11.3 Å². The van der Waals surface area contributed by atoms with Gasteiger partial charge in [-0.05, 0) is 31.1 Å². The zero-order valence-corrected chi connectivity index (χ0v) is 11.5. The molecule has 1 aromatic rings. The van der Waals surface area contributed by atoms with Gasteiger partial charge in [0.15, 0.2) is 0 Å². The average Bonchev–Trinajstić information content (AvgIpc) is 2.79. The lowest BCUT2D eigenvalue weighted by Crippen LogP contribution is -2.26. The highest BCUT2D eigenvalue weighted by Crippen LogP contribution is 2.31. The van der Waals surface area contributed by atoms with E-state index in [1.54, 1.807) is 11.3 Å². The van der Waals surface area contributed by atoms with E-state index in [2.05, 4.69) is 24.2 Å². The second-order valence-electron chi connectivity index (χ2n) is 5.14. The summed E-state index contributed by atoms with van der Waals surface area (Å²) < 4.78 is 5.95. The van der Waals surface area contributed by atoms with E-state index in [1.807, 2.05) is 0 Å². The fraction of sp³-hybridized carbons (Fsp3) is 0.769. The summed E-state index contributed by atoms with van der Waals surface area (Å²) >= 11 is 1.62. The van der Waals surface area contributed by atoms with Crippen molar-refractivity contribution in [3.8, 4) is 0 Å². The monoisotopic (exact) mass is 254 g/mol. The van der Waals surface area contributed by atoms with Crippen LogP contribution in [0.15, 0.2) is 5.38 Å². The van der Waals surface area contributed by atoms with Gasteiger partial charge in [0, 0.05) is 11.9 Å². The summed E-state index contributed by atoms with van der Waals surface area (Å²) in [5, 5.41) is 3.05. The smallest absolute Gasteiger partial charge is 0.107 e. The Kier molecular flexibility index (Phi) is 4.54.